The molecular weight excluding hydrogens is 336 g/mol. The molecule has 3 rings (SSSR count). The Morgan fingerprint density at radius 2 is 2.15 bits per heavy atom. The van der Waals surface area contributed by atoms with Crippen LogP contribution >= 0.6 is 27.7 Å². The number of ether oxygens (including phenoxy) is 1. The van der Waals surface area contributed by atoms with E-state index in [1.165, 1.54) is 12.7 Å². The zero-order valence-electron chi connectivity index (χ0n) is 11.3. The van der Waals surface area contributed by atoms with E-state index in [2.05, 4.69) is 40.2 Å². The van der Waals surface area contributed by atoms with Gasteiger partial charge in [-0.2, -0.15) is 0 Å². The number of halogens is 1. The normalized spacial score (nSPS) is 34.4. The number of allylic oxidation sites excluding steroid dienone is 2. The monoisotopic (exact) mass is 352 g/mol. The van der Waals surface area contributed by atoms with Crippen molar-refractivity contribution in [3.63, 3.8) is 0 Å². The second-order valence-corrected chi connectivity index (χ2v) is 7.59. The maximum atomic E-state index is 12.5. The molecule has 0 amide bonds. The SMILES string of the molecule is COC(=O)[C@]1(SCc2ccccc2)[C@@H]2C=C[C@@H](C2)[C@H]1Br. The minimum absolute atomic E-state index is 0.0999. The second-order valence-electron chi connectivity index (χ2n) is 5.35. The Kier molecular flexibility index (Phi) is 3.95. The van der Waals surface area contributed by atoms with Crippen molar-refractivity contribution in [2.75, 3.05) is 7.11 Å². The molecule has 20 heavy (non-hydrogen) atoms. The van der Waals surface area contributed by atoms with Gasteiger partial charge in [0, 0.05) is 16.5 Å². The second kappa shape index (κ2) is 5.57. The average Bonchev–Trinajstić information content (AvgIpc) is 3.07. The van der Waals surface area contributed by atoms with Crippen LogP contribution in [0, 0.1) is 11.8 Å². The Labute approximate surface area is 132 Å². The van der Waals surface area contributed by atoms with Crippen LogP contribution in [0.4, 0.5) is 0 Å². The standard InChI is InChI=1S/C16H17BrO2S/c1-19-15(18)16(13-8-7-12(9-13)14(16)17)20-10-11-5-3-2-4-6-11/h2-8,12-14H,9-10H2,1H3/t12-,13+,14+,16-/m0/s1. The largest absolute Gasteiger partial charge is 0.468 e. The Bertz CT molecular complexity index is 531. The first-order chi connectivity index (χ1) is 9.68. The summed E-state index contributed by atoms with van der Waals surface area (Å²) in [6.07, 6.45) is 5.47. The minimum atomic E-state index is -0.482. The fourth-order valence-electron chi connectivity index (χ4n) is 3.23. The highest BCUT2D eigenvalue weighted by molar-refractivity contribution is 9.09. The third kappa shape index (κ3) is 2.13. The Hall–Kier alpha value is -0.740. The first-order valence-corrected chi connectivity index (χ1v) is 8.67. The van der Waals surface area contributed by atoms with Gasteiger partial charge in [0.05, 0.1) is 7.11 Å². The van der Waals surface area contributed by atoms with E-state index in [-0.39, 0.29) is 16.7 Å². The Morgan fingerprint density at radius 3 is 2.75 bits per heavy atom. The highest BCUT2D eigenvalue weighted by Crippen LogP contribution is 2.57. The fourth-order valence-corrected chi connectivity index (χ4v) is 6.07. The molecule has 0 N–H and O–H groups in total. The zero-order valence-corrected chi connectivity index (χ0v) is 13.7. The van der Waals surface area contributed by atoms with Gasteiger partial charge in [-0.25, -0.2) is 0 Å². The molecule has 0 spiro atoms. The molecule has 106 valence electrons. The van der Waals surface area contributed by atoms with Crippen LogP contribution in [0.3, 0.4) is 0 Å². The lowest BCUT2D eigenvalue weighted by molar-refractivity contribution is -0.144. The van der Waals surface area contributed by atoms with Crippen LogP contribution in [0.25, 0.3) is 0 Å². The van der Waals surface area contributed by atoms with Gasteiger partial charge in [-0.3, -0.25) is 4.79 Å². The molecule has 2 nitrogen and oxygen atoms in total. The van der Waals surface area contributed by atoms with E-state index >= 15 is 0 Å². The topological polar surface area (TPSA) is 26.3 Å². The number of methoxy groups -OCH3 is 1. The quantitative estimate of drug-likeness (QED) is 0.468. The van der Waals surface area contributed by atoms with Crippen molar-refractivity contribution in [1.82, 2.24) is 0 Å². The lowest BCUT2D eigenvalue weighted by Gasteiger charge is -2.36. The lowest BCUT2D eigenvalue weighted by Crippen LogP contribution is -2.47. The zero-order chi connectivity index (χ0) is 14.2. The molecule has 2 aliphatic carbocycles. The summed E-state index contributed by atoms with van der Waals surface area (Å²) in [5.41, 5.74) is 1.24. The van der Waals surface area contributed by atoms with Crippen LogP contribution < -0.4 is 0 Å². The van der Waals surface area contributed by atoms with Crippen molar-refractivity contribution in [1.29, 1.82) is 0 Å². The lowest BCUT2D eigenvalue weighted by atomic mass is 9.92. The summed E-state index contributed by atoms with van der Waals surface area (Å²) < 4.78 is 4.64. The number of thioether (sulfide) groups is 1. The molecule has 0 saturated heterocycles. The van der Waals surface area contributed by atoms with Gasteiger partial charge in [0.1, 0.15) is 4.75 Å². The molecule has 1 aromatic rings. The molecule has 0 aliphatic heterocycles. The summed E-state index contributed by atoms with van der Waals surface area (Å²) in [6.45, 7) is 0. The number of benzene rings is 1. The predicted octanol–water partition coefficient (Wildman–Crippen LogP) is 3.80. The third-order valence-corrected chi connectivity index (χ3v) is 7.66. The van der Waals surface area contributed by atoms with E-state index in [1.807, 2.05) is 18.2 Å². The maximum absolute atomic E-state index is 12.5. The summed E-state index contributed by atoms with van der Waals surface area (Å²) in [7, 11) is 1.49. The Balaban J connectivity index is 1.85. The van der Waals surface area contributed by atoms with Crippen LogP contribution in [0.2, 0.25) is 0 Å². The van der Waals surface area contributed by atoms with E-state index in [0.717, 1.165) is 12.2 Å². The molecule has 0 aromatic heterocycles. The third-order valence-electron chi connectivity index (χ3n) is 4.28. The molecule has 2 aliphatic rings. The number of carbonyl (C=O) groups is 1. The van der Waals surface area contributed by atoms with Crippen molar-refractivity contribution >= 4 is 33.7 Å². The van der Waals surface area contributed by atoms with E-state index in [4.69, 9.17) is 4.74 Å². The van der Waals surface area contributed by atoms with Crippen LogP contribution in [-0.4, -0.2) is 22.7 Å². The van der Waals surface area contributed by atoms with Crippen LogP contribution in [0.1, 0.15) is 12.0 Å². The molecular formula is C16H17BrO2S. The van der Waals surface area contributed by atoms with Crippen molar-refractivity contribution < 1.29 is 9.53 Å². The molecule has 4 heteroatoms. The molecule has 1 fully saturated rings. The smallest absolute Gasteiger partial charge is 0.323 e. The highest BCUT2D eigenvalue weighted by Gasteiger charge is 2.60. The number of esters is 1. The Morgan fingerprint density at radius 1 is 1.40 bits per heavy atom. The van der Waals surface area contributed by atoms with E-state index in [0.29, 0.717) is 5.92 Å². The number of hydrogen-bond donors (Lipinski definition) is 0. The number of fused-ring (bicyclic) bond motifs is 2. The summed E-state index contributed by atoms with van der Waals surface area (Å²) in [4.78, 5) is 12.6. The first-order valence-electron chi connectivity index (χ1n) is 6.77. The molecule has 2 bridgehead atoms. The highest BCUT2D eigenvalue weighted by atomic mass is 79.9. The molecule has 0 radical (unpaired) electrons. The molecule has 0 unspecified atom stereocenters. The van der Waals surface area contributed by atoms with Gasteiger partial charge in [-0.05, 0) is 17.9 Å². The van der Waals surface area contributed by atoms with E-state index in [1.54, 1.807) is 11.8 Å². The van der Waals surface area contributed by atoms with Crippen molar-refractivity contribution in [2.24, 2.45) is 11.8 Å². The minimum Gasteiger partial charge on any atom is -0.468 e. The van der Waals surface area contributed by atoms with Crippen molar-refractivity contribution in [2.45, 2.75) is 21.7 Å². The molecule has 4 atom stereocenters. The summed E-state index contributed by atoms with van der Waals surface area (Å²) in [5.74, 6) is 1.45. The van der Waals surface area contributed by atoms with Crippen molar-refractivity contribution in [3.8, 4) is 0 Å². The van der Waals surface area contributed by atoms with Gasteiger partial charge in [0.25, 0.3) is 0 Å². The molecule has 0 heterocycles. The fraction of sp³-hybridized carbons (Fsp3) is 0.438. The van der Waals surface area contributed by atoms with Gasteiger partial charge in [0.2, 0.25) is 0 Å². The van der Waals surface area contributed by atoms with Gasteiger partial charge in [0.15, 0.2) is 0 Å². The maximum Gasteiger partial charge on any atom is 0.323 e. The van der Waals surface area contributed by atoms with E-state index in [9.17, 15) is 4.79 Å². The van der Waals surface area contributed by atoms with Crippen LogP contribution in [0.15, 0.2) is 42.5 Å². The first kappa shape index (κ1) is 14.2. The molecule has 1 saturated carbocycles. The van der Waals surface area contributed by atoms with Gasteiger partial charge < -0.3 is 4.74 Å². The van der Waals surface area contributed by atoms with E-state index < -0.39 is 4.75 Å². The summed E-state index contributed by atoms with van der Waals surface area (Å²) >= 11 is 5.48. The van der Waals surface area contributed by atoms with Gasteiger partial charge >= 0.3 is 5.97 Å². The summed E-state index contributed by atoms with van der Waals surface area (Å²) in [6, 6.07) is 10.3. The number of rotatable bonds is 4. The van der Waals surface area contributed by atoms with Crippen molar-refractivity contribution in [3.05, 3.63) is 48.0 Å². The number of carbonyl (C=O) groups excluding carboxylic acids is 1. The number of alkyl halides is 1. The average molecular weight is 353 g/mol. The number of hydrogen-bond acceptors (Lipinski definition) is 3. The summed E-state index contributed by atoms with van der Waals surface area (Å²) in [5, 5.41) is 0. The van der Waals surface area contributed by atoms with Gasteiger partial charge in [-0.1, -0.05) is 58.4 Å². The van der Waals surface area contributed by atoms with Crippen LogP contribution in [0.5, 0.6) is 0 Å². The van der Waals surface area contributed by atoms with Crippen LogP contribution in [-0.2, 0) is 15.3 Å². The predicted molar refractivity (Wildman–Crippen MR) is 85.9 cm³/mol. The van der Waals surface area contributed by atoms with Gasteiger partial charge in [-0.15, -0.1) is 11.8 Å². The molecule has 1 aromatic carbocycles.